The molecule has 1 aromatic carbocycles. The molecular formula is C15H11BrO8. The summed E-state index contributed by atoms with van der Waals surface area (Å²) in [5.41, 5.74) is -1.73. The molecule has 1 N–H and O–H groups in total. The fourth-order valence-corrected chi connectivity index (χ4v) is 2.62. The second kappa shape index (κ2) is 6.44. The lowest BCUT2D eigenvalue weighted by Gasteiger charge is -2.14. The molecule has 0 aliphatic carbocycles. The van der Waals surface area contributed by atoms with Gasteiger partial charge in [0, 0.05) is 19.2 Å². The number of carboxylic acid groups (broad SMARTS) is 1. The SMILES string of the molecule is CC(=O)Oc1c(Br)cc2c(C)c(C(=O)O)c(=O)oc2c1OC(C)=O. The largest absolute Gasteiger partial charge is 0.477 e. The summed E-state index contributed by atoms with van der Waals surface area (Å²) in [4.78, 5) is 45.8. The van der Waals surface area contributed by atoms with E-state index in [9.17, 15) is 19.2 Å². The molecule has 0 fully saturated rings. The lowest BCUT2D eigenvalue weighted by atomic mass is 10.1. The van der Waals surface area contributed by atoms with Gasteiger partial charge in [-0.25, -0.2) is 9.59 Å². The predicted molar refractivity (Wildman–Crippen MR) is 84.5 cm³/mol. The van der Waals surface area contributed by atoms with Crippen LogP contribution in [0.5, 0.6) is 11.5 Å². The highest BCUT2D eigenvalue weighted by Crippen LogP contribution is 2.43. The van der Waals surface area contributed by atoms with Gasteiger partial charge in [0.1, 0.15) is 5.56 Å². The Balaban J connectivity index is 2.97. The van der Waals surface area contributed by atoms with Crippen LogP contribution in [-0.4, -0.2) is 23.0 Å². The Morgan fingerprint density at radius 2 is 1.67 bits per heavy atom. The molecule has 2 rings (SSSR count). The predicted octanol–water partition coefficient (Wildman–Crippen LogP) is 2.41. The van der Waals surface area contributed by atoms with Gasteiger partial charge in [0.05, 0.1) is 4.47 Å². The van der Waals surface area contributed by atoms with Gasteiger partial charge < -0.3 is 19.0 Å². The summed E-state index contributed by atoms with van der Waals surface area (Å²) in [7, 11) is 0. The topological polar surface area (TPSA) is 120 Å². The number of rotatable bonds is 3. The van der Waals surface area contributed by atoms with E-state index >= 15 is 0 Å². The van der Waals surface area contributed by atoms with Crippen LogP contribution in [0.2, 0.25) is 0 Å². The quantitative estimate of drug-likeness (QED) is 0.475. The average Bonchev–Trinajstić information content (AvgIpc) is 2.43. The smallest absolute Gasteiger partial charge is 0.351 e. The normalized spacial score (nSPS) is 10.5. The molecular weight excluding hydrogens is 388 g/mol. The number of fused-ring (bicyclic) bond motifs is 1. The fraction of sp³-hybridized carbons (Fsp3) is 0.200. The van der Waals surface area contributed by atoms with Gasteiger partial charge in [-0.05, 0) is 34.5 Å². The molecule has 9 heteroatoms. The number of benzene rings is 1. The first-order valence-corrected chi connectivity index (χ1v) is 7.32. The summed E-state index contributed by atoms with van der Waals surface area (Å²) < 4.78 is 15.3. The molecule has 0 bridgehead atoms. The van der Waals surface area contributed by atoms with E-state index in [4.69, 9.17) is 19.0 Å². The Morgan fingerprint density at radius 1 is 1.12 bits per heavy atom. The van der Waals surface area contributed by atoms with Crippen LogP contribution in [0.25, 0.3) is 11.0 Å². The van der Waals surface area contributed by atoms with Crippen LogP contribution in [0, 0.1) is 6.92 Å². The maximum atomic E-state index is 11.9. The maximum Gasteiger partial charge on any atom is 0.351 e. The molecule has 0 spiro atoms. The molecule has 8 nitrogen and oxygen atoms in total. The number of aryl methyl sites for hydroxylation is 1. The van der Waals surface area contributed by atoms with Crippen LogP contribution in [0.15, 0.2) is 19.8 Å². The van der Waals surface area contributed by atoms with Gasteiger partial charge in [-0.1, -0.05) is 0 Å². The Morgan fingerprint density at radius 3 is 2.17 bits per heavy atom. The summed E-state index contributed by atoms with van der Waals surface area (Å²) >= 11 is 3.17. The Bertz CT molecular complexity index is 941. The lowest BCUT2D eigenvalue weighted by molar-refractivity contribution is -0.134. The molecule has 126 valence electrons. The molecule has 1 heterocycles. The molecule has 0 unspecified atom stereocenters. The van der Waals surface area contributed by atoms with Crippen LogP contribution in [0.1, 0.15) is 29.8 Å². The van der Waals surface area contributed by atoms with Gasteiger partial charge in [0.2, 0.25) is 5.75 Å². The van der Waals surface area contributed by atoms with Crippen molar-refractivity contribution < 1.29 is 33.4 Å². The first kappa shape index (κ1) is 17.7. The molecule has 0 aliphatic heterocycles. The summed E-state index contributed by atoms with van der Waals surface area (Å²) in [6.07, 6.45) is 0. The molecule has 0 atom stereocenters. The number of hydrogen-bond donors (Lipinski definition) is 1. The van der Waals surface area contributed by atoms with Crippen LogP contribution in [0.3, 0.4) is 0 Å². The number of esters is 2. The summed E-state index contributed by atoms with van der Waals surface area (Å²) in [6.45, 7) is 3.67. The lowest BCUT2D eigenvalue weighted by Crippen LogP contribution is -2.17. The van der Waals surface area contributed by atoms with Crippen molar-refractivity contribution in [3.05, 3.63) is 32.1 Å². The molecule has 2 aromatic rings. The van der Waals surface area contributed by atoms with Crippen molar-refractivity contribution in [2.75, 3.05) is 0 Å². The standard InChI is InChI=1S/C15H11BrO8/c1-5-8-4-9(16)12(22-6(2)17)13(23-7(3)18)11(8)24-15(21)10(5)14(19)20/h4H,1-3H3,(H,19,20). The number of carboxylic acids is 1. The van der Waals surface area contributed by atoms with E-state index in [0.717, 1.165) is 13.8 Å². The monoisotopic (exact) mass is 398 g/mol. The third kappa shape index (κ3) is 3.16. The number of hydrogen-bond acceptors (Lipinski definition) is 7. The molecule has 0 aliphatic rings. The zero-order chi connectivity index (χ0) is 18.2. The van der Waals surface area contributed by atoms with E-state index in [1.807, 2.05) is 0 Å². The van der Waals surface area contributed by atoms with E-state index in [1.165, 1.54) is 13.0 Å². The number of carbonyl (C=O) groups excluding carboxylic acids is 2. The molecule has 0 radical (unpaired) electrons. The Hall–Kier alpha value is -2.68. The minimum atomic E-state index is -1.45. The number of carbonyl (C=O) groups is 3. The van der Waals surface area contributed by atoms with Crippen molar-refractivity contribution in [3.63, 3.8) is 0 Å². The van der Waals surface area contributed by atoms with Crippen molar-refractivity contribution in [1.29, 1.82) is 0 Å². The maximum absolute atomic E-state index is 11.9. The van der Waals surface area contributed by atoms with Crippen LogP contribution < -0.4 is 15.1 Å². The number of halogens is 1. The average molecular weight is 399 g/mol. The highest BCUT2D eigenvalue weighted by atomic mass is 79.9. The van der Waals surface area contributed by atoms with Crippen LogP contribution >= 0.6 is 15.9 Å². The van der Waals surface area contributed by atoms with E-state index < -0.39 is 29.1 Å². The van der Waals surface area contributed by atoms with Crippen molar-refractivity contribution in [1.82, 2.24) is 0 Å². The third-order valence-electron chi connectivity index (χ3n) is 3.03. The second-order valence-corrected chi connectivity index (χ2v) is 5.63. The van der Waals surface area contributed by atoms with Crippen molar-refractivity contribution in [2.45, 2.75) is 20.8 Å². The fourth-order valence-electron chi connectivity index (χ4n) is 2.13. The third-order valence-corrected chi connectivity index (χ3v) is 3.62. The highest BCUT2D eigenvalue weighted by molar-refractivity contribution is 9.10. The zero-order valence-corrected chi connectivity index (χ0v) is 14.3. The Labute approximate surface area is 143 Å². The van der Waals surface area contributed by atoms with Crippen molar-refractivity contribution >= 4 is 44.8 Å². The minimum absolute atomic E-state index is 0.122. The van der Waals surface area contributed by atoms with Crippen LogP contribution in [0.4, 0.5) is 0 Å². The first-order chi connectivity index (χ1) is 11.1. The molecule has 1 aromatic heterocycles. The van der Waals surface area contributed by atoms with Gasteiger partial charge in [0.15, 0.2) is 11.3 Å². The zero-order valence-electron chi connectivity index (χ0n) is 12.8. The van der Waals surface area contributed by atoms with E-state index in [0.29, 0.717) is 0 Å². The Kier molecular flexibility index (Phi) is 4.74. The van der Waals surface area contributed by atoms with Gasteiger partial charge in [-0.3, -0.25) is 9.59 Å². The van der Waals surface area contributed by atoms with E-state index in [1.54, 1.807) is 0 Å². The summed E-state index contributed by atoms with van der Waals surface area (Å²) in [5.74, 6) is -3.33. The van der Waals surface area contributed by atoms with E-state index in [-0.39, 0.29) is 32.5 Å². The first-order valence-electron chi connectivity index (χ1n) is 6.53. The summed E-state index contributed by atoms with van der Waals surface area (Å²) in [5, 5.41) is 9.35. The molecule has 24 heavy (non-hydrogen) atoms. The highest BCUT2D eigenvalue weighted by Gasteiger charge is 2.25. The van der Waals surface area contributed by atoms with Gasteiger partial charge >= 0.3 is 23.5 Å². The second-order valence-electron chi connectivity index (χ2n) is 4.78. The van der Waals surface area contributed by atoms with Gasteiger partial charge in [-0.2, -0.15) is 0 Å². The van der Waals surface area contributed by atoms with Gasteiger partial charge in [-0.15, -0.1) is 0 Å². The number of ether oxygens (including phenoxy) is 2. The van der Waals surface area contributed by atoms with Gasteiger partial charge in [0.25, 0.3) is 0 Å². The molecule has 0 amide bonds. The molecule has 0 saturated carbocycles. The minimum Gasteiger partial charge on any atom is -0.477 e. The number of aromatic carboxylic acids is 1. The summed E-state index contributed by atoms with van der Waals surface area (Å²) in [6, 6.07) is 1.41. The van der Waals surface area contributed by atoms with E-state index in [2.05, 4.69) is 15.9 Å². The van der Waals surface area contributed by atoms with Crippen LogP contribution in [-0.2, 0) is 9.59 Å². The molecule has 0 saturated heterocycles. The van der Waals surface area contributed by atoms with Crippen molar-refractivity contribution in [3.8, 4) is 11.5 Å². The van der Waals surface area contributed by atoms with Crippen molar-refractivity contribution in [2.24, 2.45) is 0 Å².